The Bertz CT molecular complexity index is 1370. The second-order valence-corrected chi connectivity index (χ2v) is 10.1. The Kier molecular flexibility index (Phi) is 5.56. The standard InChI is InChI=1S/C24H21ClN2O4S/c1-14(2)27-24(29)20-9-7-18(13-22(20)32(27,30)31)23(28)26-21-10-8-17(11-15(21)3)16-5-4-6-19(25)12-16/h4-14H,1-3H3,(H,26,28). The minimum absolute atomic E-state index is 0.0808. The van der Waals surface area contributed by atoms with Gasteiger partial charge in [0, 0.05) is 22.3 Å². The molecule has 0 unspecified atom stereocenters. The molecule has 0 atom stereocenters. The average Bonchev–Trinajstić information content (AvgIpc) is 2.94. The van der Waals surface area contributed by atoms with E-state index in [9.17, 15) is 18.0 Å². The van der Waals surface area contributed by atoms with Crippen molar-refractivity contribution in [2.75, 3.05) is 5.32 Å². The van der Waals surface area contributed by atoms with Gasteiger partial charge in [0.05, 0.1) is 5.56 Å². The van der Waals surface area contributed by atoms with E-state index in [4.69, 9.17) is 11.6 Å². The fourth-order valence-corrected chi connectivity index (χ4v) is 5.73. The maximum Gasteiger partial charge on any atom is 0.269 e. The number of carbonyl (C=O) groups is 2. The molecule has 4 rings (SSSR count). The summed E-state index contributed by atoms with van der Waals surface area (Å²) >= 11 is 6.07. The lowest BCUT2D eigenvalue weighted by atomic mass is 10.0. The molecule has 1 N–H and O–H groups in total. The number of fused-ring (bicyclic) bond motifs is 1. The Morgan fingerprint density at radius 2 is 1.72 bits per heavy atom. The number of rotatable bonds is 4. The Morgan fingerprint density at radius 3 is 2.38 bits per heavy atom. The minimum Gasteiger partial charge on any atom is -0.322 e. The van der Waals surface area contributed by atoms with Crippen LogP contribution >= 0.6 is 11.6 Å². The Labute approximate surface area is 191 Å². The summed E-state index contributed by atoms with van der Waals surface area (Å²) < 4.78 is 26.4. The molecule has 3 aromatic carbocycles. The summed E-state index contributed by atoms with van der Waals surface area (Å²) in [5.41, 5.74) is 3.59. The zero-order valence-corrected chi connectivity index (χ0v) is 19.3. The van der Waals surface area contributed by atoms with E-state index >= 15 is 0 Å². The molecule has 3 aromatic rings. The quantitative estimate of drug-likeness (QED) is 0.576. The molecule has 1 aliphatic rings. The molecule has 1 heterocycles. The Morgan fingerprint density at radius 1 is 1.00 bits per heavy atom. The van der Waals surface area contributed by atoms with Crippen molar-refractivity contribution in [2.45, 2.75) is 31.7 Å². The molecule has 8 heteroatoms. The van der Waals surface area contributed by atoms with Gasteiger partial charge in [0.25, 0.3) is 21.8 Å². The van der Waals surface area contributed by atoms with E-state index in [1.165, 1.54) is 18.2 Å². The molecule has 0 aromatic heterocycles. The molecule has 164 valence electrons. The maximum absolute atomic E-state index is 12.9. The summed E-state index contributed by atoms with van der Waals surface area (Å²) in [6, 6.07) is 16.7. The van der Waals surface area contributed by atoms with E-state index in [0.29, 0.717) is 10.7 Å². The first-order chi connectivity index (χ1) is 15.1. The summed E-state index contributed by atoms with van der Waals surface area (Å²) in [6.45, 7) is 5.13. The van der Waals surface area contributed by atoms with Gasteiger partial charge in [0.1, 0.15) is 4.90 Å². The molecule has 0 saturated heterocycles. The van der Waals surface area contributed by atoms with Gasteiger partial charge in [-0.3, -0.25) is 9.59 Å². The number of hydrogen-bond acceptors (Lipinski definition) is 4. The molecule has 0 bridgehead atoms. The lowest BCUT2D eigenvalue weighted by Crippen LogP contribution is -2.36. The largest absolute Gasteiger partial charge is 0.322 e. The first-order valence-electron chi connectivity index (χ1n) is 10.0. The predicted octanol–water partition coefficient (Wildman–Crippen LogP) is 5.12. The van der Waals surface area contributed by atoms with E-state index in [2.05, 4.69) is 5.32 Å². The van der Waals surface area contributed by atoms with Crippen LogP contribution in [0.2, 0.25) is 5.02 Å². The molecule has 0 radical (unpaired) electrons. The highest BCUT2D eigenvalue weighted by Crippen LogP contribution is 2.33. The zero-order valence-electron chi connectivity index (χ0n) is 17.7. The molecule has 0 saturated carbocycles. The number of halogens is 1. The first kappa shape index (κ1) is 22.0. The number of benzene rings is 3. The fourth-order valence-electron chi connectivity index (χ4n) is 3.75. The van der Waals surface area contributed by atoms with Crippen LogP contribution in [0.3, 0.4) is 0 Å². The lowest BCUT2D eigenvalue weighted by molar-refractivity contribution is 0.0846. The Balaban J connectivity index is 1.61. The number of sulfonamides is 1. The molecule has 1 aliphatic heterocycles. The van der Waals surface area contributed by atoms with Crippen LogP contribution in [0.25, 0.3) is 11.1 Å². The van der Waals surface area contributed by atoms with Gasteiger partial charge < -0.3 is 5.32 Å². The molecule has 2 amide bonds. The first-order valence-corrected chi connectivity index (χ1v) is 11.8. The number of nitrogens with one attached hydrogen (secondary N) is 1. The van der Waals surface area contributed by atoms with Gasteiger partial charge in [-0.25, -0.2) is 12.7 Å². The normalized spacial score (nSPS) is 14.5. The second kappa shape index (κ2) is 8.07. The van der Waals surface area contributed by atoms with Crippen molar-refractivity contribution in [3.63, 3.8) is 0 Å². The summed E-state index contributed by atoms with van der Waals surface area (Å²) in [6.07, 6.45) is 0. The van der Waals surface area contributed by atoms with E-state index in [1.807, 2.05) is 37.3 Å². The monoisotopic (exact) mass is 468 g/mol. The van der Waals surface area contributed by atoms with Crippen molar-refractivity contribution in [1.29, 1.82) is 0 Å². The molecular formula is C24H21ClN2O4S. The van der Waals surface area contributed by atoms with Gasteiger partial charge in [0.15, 0.2) is 0 Å². The molecule has 0 aliphatic carbocycles. The third-order valence-corrected chi connectivity index (χ3v) is 7.55. The van der Waals surface area contributed by atoms with Crippen molar-refractivity contribution in [1.82, 2.24) is 4.31 Å². The van der Waals surface area contributed by atoms with Crippen LogP contribution in [0.15, 0.2) is 65.6 Å². The number of hydrogen-bond donors (Lipinski definition) is 1. The van der Waals surface area contributed by atoms with Crippen molar-refractivity contribution in [3.05, 3.63) is 82.4 Å². The van der Waals surface area contributed by atoms with Crippen LogP contribution in [-0.4, -0.2) is 30.6 Å². The highest BCUT2D eigenvalue weighted by Gasteiger charge is 2.42. The number of amides is 2. The van der Waals surface area contributed by atoms with Gasteiger partial charge in [0.2, 0.25) is 0 Å². The van der Waals surface area contributed by atoms with Crippen molar-refractivity contribution in [3.8, 4) is 11.1 Å². The lowest BCUT2D eigenvalue weighted by Gasteiger charge is -2.18. The molecule has 0 spiro atoms. The summed E-state index contributed by atoms with van der Waals surface area (Å²) in [5.74, 6) is -1.04. The van der Waals surface area contributed by atoms with Crippen LogP contribution in [0.5, 0.6) is 0 Å². The van der Waals surface area contributed by atoms with Crippen LogP contribution < -0.4 is 5.32 Å². The second-order valence-electron chi connectivity index (χ2n) is 7.90. The average molecular weight is 469 g/mol. The van der Waals surface area contributed by atoms with Crippen molar-refractivity contribution in [2.24, 2.45) is 0 Å². The Hall–Kier alpha value is -3.16. The van der Waals surface area contributed by atoms with Crippen LogP contribution in [0.1, 0.15) is 40.1 Å². The highest BCUT2D eigenvalue weighted by atomic mass is 35.5. The third kappa shape index (κ3) is 3.78. The van der Waals surface area contributed by atoms with E-state index in [0.717, 1.165) is 21.0 Å². The van der Waals surface area contributed by atoms with Crippen molar-refractivity contribution < 1.29 is 18.0 Å². The van der Waals surface area contributed by atoms with Crippen LogP contribution in [0.4, 0.5) is 5.69 Å². The number of carbonyl (C=O) groups excluding carboxylic acids is 2. The van der Waals surface area contributed by atoms with Gasteiger partial charge in [-0.05, 0) is 79.9 Å². The maximum atomic E-state index is 12.9. The molecule has 32 heavy (non-hydrogen) atoms. The summed E-state index contributed by atoms with van der Waals surface area (Å²) in [5, 5.41) is 3.46. The fraction of sp³-hybridized carbons (Fsp3) is 0.167. The van der Waals surface area contributed by atoms with Crippen molar-refractivity contribution >= 4 is 39.1 Å². The zero-order chi connectivity index (χ0) is 23.2. The van der Waals surface area contributed by atoms with Crippen LogP contribution in [-0.2, 0) is 10.0 Å². The number of anilines is 1. The van der Waals surface area contributed by atoms with Gasteiger partial charge >= 0.3 is 0 Å². The smallest absolute Gasteiger partial charge is 0.269 e. The van der Waals surface area contributed by atoms with E-state index in [-0.39, 0.29) is 16.0 Å². The predicted molar refractivity (Wildman–Crippen MR) is 125 cm³/mol. The molecule has 0 fully saturated rings. The summed E-state index contributed by atoms with van der Waals surface area (Å²) in [7, 11) is -3.98. The topological polar surface area (TPSA) is 83.6 Å². The number of aryl methyl sites for hydroxylation is 1. The SMILES string of the molecule is Cc1cc(-c2cccc(Cl)c2)ccc1NC(=O)c1ccc2c(c1)S(=O)(=O)N(C(C)C)C2=O. The van der Waals surface area contributed by atoms with E-state index < -0.39 is 27.9 Å². The van der Waals surface area contributed by atoms with Crippen LogP contribution in [0, 0.1) is 6.92 Å². The minimum atomic E-state index is -3.98. The molecular weight excluding hydrogens is 448 g/mol. The molecule has 6 nitrogen and oxygen atoms in total. The highest BCUT2D eigenvalue weighted by molar-refractivity contribution is 7.90. The third-order valence-electron chi connectivity index (χ3n) is 5.31. The van der Waals surface area contributed by atoms with E-state index in [1.54, 1.807) is 26.0 Å². The number of nitrogens with zero attached hydrogens (tertiary/aromatic N) is 1. The van der Waals surface area contributed by atoms with Gasteiger partial charge in [-0.2, -0.15) is 0 Å². The van der Waals surface area contributed by atoms with Gasteiger partial charge in [-0.1, -0.05) is 29.8 Å². The van der Waals surface area contributed by atoms with Gasteiger partial charge in [-0.15, -0.1) is 0 Å². The summed E-state index contributed by atoms with van der Waals surface area (Å²) in [4.78, 5) is 25.2.